The third-order valence-corrected chi connectivity index (χ3v) is 6.40. The Labute approximate surface area is 157 Å². The molecule has 25 heavy (non-hydrogen) atoms. The number of nitrogens with zero attached hydrogens (tertiary/aromatic N) is 2. The number of rotatable bonds is 10. The quantitative estimate of drug-likeness (QED) is 0.603. The molecule has 2 atom stereocenters. The number of carboxylic acids is 1. The molecule has 1 saturated heterocycles. The fourth-order valence-corrected chi connectivity index (χ4v) is 4.76. The van der Waals surface area contributed by atoms with E-state index in [9.17, 15) is 9.59 Å². The molecule has 1 aromatic rings. The molecule has 0 radical (unpaired) electrons. The number of hydrogen-bond acceptors (Lipinski definition) is 6. The van der Waals surface area contributed by atoms with E-state index in [-0.39, 0.29) is 23.7 Å². The molecular weight excluding hydrogens is 358 g/mol. The monoisotopic (exact) mass is 385 g/mol. The predicted molar refractivity (Wildman–Crippen MR) is 101 cm³/mol. The summed E-state index contributed by atoms with van der Waals surface area (Å²) in [6.07, 6.45) is 2.66. The molecule has 2 rings (SSSR count). The minimum Gasteiger partial charge on any atom is -0.476 e. The second-order valence-electron chi connectivity index (χ2n) is 6.77. The van der Waals surface area contributed by atoms with Gasteiger partial charge < -0.3 is 15.3 Å². The topological polar surface area (TPSA) is 82.5 Å². The molecule has 1 aliphatic heterocycles. The number of carbonyl (C=O) groups is 2. The fraction of sp³-hybridized carbons (Fsp3) is 0.706. The van der Waals surface area contributed by atoms with Crippen LogP contribution in [0.1, 0.15) is 50.5 Å². The summed E-state index contributed by atoms with van der Waals surface area (Å²) < 4.78 is 0.740. The fourth-order valence-electron chi connectivity index (χ4n) is 2.96. The van der Waals surface area contributed by atoms with Gasteiger partial charge in [0.05, 0.1) is 0 Å². The molecule has 0 aromatic carbocycles. The van der Waals surface area contributed by atoms with Crippen LogP contribution in [0.15, 0.2) is 9.72 Å². The van der Waals surface area contributed by atoms with E-state index in [0.29, 0.717) is 18.9 Å². The standard InChI is InChI=1S/C17H27N3O3S2/c1-11(2)6-7-18-12(3)14-4-5-15(21)20(14)8-9-24-17-19-13(10-25-17)16(22)23/h10-12,14,18H,4-9H2,1-3H3,(H,22,23)/t12?,14-/m1/s1. The van der Waals surface area contributed by atoms with Crippen LogP contribution in [0.3, 0.4) is 0 Å². The van der Waals surface area contributed by atoms with Gasteiger partial charge in [-0.3, -0.25) is 4.79 Å². The van der Waals surface area contributed by atoms with Crippen LogP contribution >= 0.6 is 23.1 Å². The normalized spacial score (nSPS) is 19.0. The highest BCUT2D eigenvalue weighted by atomic mass is 32.2. The first kappa shape index (κ1) is 20.2. The Balaban J connectivity index is 1.81. The van der Waals surface area contributed by atoms with Gasteiger partial charge in [-0.25, -0.2) is 9.78 Å². The number of hydrogen-bond donors (Lipinski definition) is 2. The van der Waals surface area contributed by atoms with Crippen LogP contribution in [0, 0.1) is 5.92 Å². The van der Waals surface area contributed by atoms with E-state index in [2.05, 4.69) is 31.1 Å². The van der Waals surface area contributed by atoms with Gasteiger partial charge in [0, 0.05) is 36.2 Å². The average molecular weight is 386 g/mol. The molecule has 0 bridgehead atoms. The van der Waals surface area contributed by atoms with E-state index in [1.54, 1.807) is 5.38 Å². The molecule has 140 valence electrons. The summed E-state index contributed by atoms with van der Waals surface area (Å²) in [6.45, 7) is 8.23. The number of likely N-dealkylation sites (tertiary alicyclic amines) is 1. The van der Waals surface area contributed by atoms with Gasteiger partial charge in [-0.2, -0.15) is 0 Å². The Bertz CT molecular complexity index is 591. The zero-order valence-corrected chi connectivity index (χ0v) is 16.7. The van der Waals surface area contributed by atoms with Crippen LogP contribution in [0.2, 0.25) is 0 Å². The zero-order valence-electron chi connectivity index (χ0n) is 15.0. The second kappa shape index (κ2) is 9.54. The van der Waals surface area contributed by atoms with Crippen LogP contribution < -0.4 is 5.32 Å². The number of thiazole rings is 1. The van der Waals surface area contributed by atoms with Crippen molar-refractivity contribution in [2.75, 3.05) is 18.8 Å². The molecule has 1 unspecified atom stereocenters. The molecular formula is C17H27N3O3S2. The Morgan fingerprint density at radius 1 is 1.52 bits per heavy atom. The Hall–Kier alpha value is -1.12. The molecule has 1 fully saturated rings. The molecule has 0 saturated carbocycles. The van der Waals surface area contributed by atoms with Crippen molar-refractivity contribution in [1.82, 2.24) is 15.2 Å². The van der Waals surface area contributed by atoms with Crippen molar-refractivity contribution in [1.29, 1.82) is 0 Å². The molecule has 8 heteroatoms. The van der Waals surface area contributed by atoms with Gasteiger partial charge in [0.25, 0.3) is 0 Å². The minimum absolute atomic E-state index is 0.0885. The Kier molecular flexibility index (Phi) is 7.71. The largest absolute Gasteiger partial charge is 0.476 e. The van der Waals surface area contributed by atoms with E-state index >= 15 is 0 Å². The number of carboxylic acid groups (broad SMARTS) is 1. The van der Waals surface area contributed by atoms with Crippen molar-refractivity contribution < 1.29 is 14.7 Å². The number of amides is 1. The van der Waals surface area contributed by atoms with E-state index in [0.717, 1.165) is 29.5 Å². The first-order chi connectivity index (χ1) is 11.9. The van der Waals surface area contributed by atoms with Crippen molar-refractivity contribution in [3.63, 3.8) is 0 Å². The third-order valence-electron chi connectivity index (χ3n) is 4.40. The van der Waals surface area contributed by atoms with Gasteiger partial charge >= 0.3 is 5.97 Å². The third kappa shape index (κ3) is 5.97. The molecule has 2 heterocycles. The van der Waals surface area contributed by atoms with Crippen molar-refractivity contribution in [2.24, 2.45) is 5.92 Å². The molecule has 1 amide bonds. The molecule has 1 aliphatic rings. The first-order valence-electron chi connectivity index (χ1n) is 8.73. The average Bonchev–Trinajstić information content (AvgIpc) is 3.15. The lowest BCUT2D eigenvalue weighted by molar-refractivity contribution is -0.129. The van der Waals surface area contributed by atoms with E-state index in [1.165, 1.54) is 23.1 Å². The molecule has 0 spiro atoms. The summed E-state index contributed by atoms with van der Waals surface area (Å²) in [5.74, 6) is 0.618. The number of nitrogens with one attached hydrogen (secondary N) is 1. The molecule has 6 nitrogen and oxygen atoms in total. The lowest BCUT2D eigenvalue weighted by atomic mass is 10.1. The maximum atomic E-state index is 12.2. The highest BCUT2D eigenvalue weighted by Gasteiger charge is 2.34. The number of carbonyl (C=O) groups excluding carboxylic acids is 1. The summed E-state index contributed by atoms with van der Waals surface area (Å²) in [7, 11) is 0. The number of aromatic carboxylic acids is 1. The van der Waals surface area contributed by atoms with Crippen LogP contribution in [-0.2, 0) is 4.79 Å². The van der Waals surface area contributed by atoms with Crippen molar-refractivity contribution in [3.05, 3.63) is 11.1 Å². The van der Waals surface area contributed by atoms with E-state index in [1.807, 2.05) is 4.90 Å². The van der Waals surface area contributed by atoms with Crippen LogP contribution in [0.5, 0.6) is 0 Å². The smallest absolute Gasteiger partial charge is 0.355 e. The second-order valence-corrected chi connectivity index (χ2v) is 8.97. The Morgan fingerprint density at radius 3 is 2.92 bits per heavy atom. The predicted octanol–water partition coefficient (Wildman–Crippen LogP) is 2.95. The molecule has 0 aliphatic carbocycles. The molecule has 1 aromatic heterocycles. The Morgan fingerprint density at radius 2 is 2.28 bits per heavy atom. The zero-order chi connectivity index (χ0) is 18.4. The summed E-state index contributed by atoms with van der Waals surface area (Å²) >= 11 is 2.85. The summed E-state index contributed by atoms with van der Waals surface area (Å²) in [5, 5.41) is 14.0. The maximum Gasteiger partial charge on any atom is 0.355 e. The van der Waals surface area contributed by atoms with Crippen molar-refractivity contribution in [3.8, 4) is 0 Å². The van der Waals surface area contributed by atoms with E-state index in [4.69, 9.17) is 5.11 Å². The SMILES string of the molecule is CC(C)CCNC(C)[C@H]1CCC(=O)N1CCSc1nc(C(=O)O)cs1. The van der Waals surface area contributed by atoms with Gasteiger partial charge in [0.2, 0.25) is 5.91 Å². The van der Waals surface area contributed by atoms with E-state index < -0.39 is 5.97 Å². The lowest BCUT2D eigenvalue weighted by Gasteiger charge is -2.30. The van der Waals surface area contributed by atoms with Crippen LogP contribution in [0.25, 0.3) is 0 Å². The van der Waals surface area contributed by atoms with Crippen molar-refractivity contribution >= 4 is 35.0 Å². The van der Waals surface area contributed by atoms with Gasteiger partial charge in [-0.05, 0) is 32.2 Å². The van der Waals surface area contributed by atoms with Crippen molar-refractivity contribution in [2.45, 2.75) is 56.5 Å². The highest BCUT2D eigenvalue weighted by molar-refractivity contribution is 8.01. The van der Waals surface area contributed by atoms with Gasteiger partial charge in [-0.1, -0.05) is 25.6 Å². The molecule has 2 N–H and O–H groups in total. The minimum atomic E-state index is -1.00. The first-order valence-corrected chi connectivity index (χ1v) is 10.6. The maximum absolute atomic E-state index is 12.2. The summed E-state index contributed by atoms with van der Waals surface area (Å²) in [5.41, 5.74) is 0.0885. The summed E-state index contributed by atoms with van der Waals surface area (Å²) in [6, 6.07) is 0.528. The summed E-state index contributed by atoms with van der Waals surface area (Å²) in [4.78, 5) is 29.1. The number of aromatic nitrogens is 1. The van der Waals surface area contributed by atoms with Gasteiger partial charge in [-0.15, -0.1) is 11.3 Å². The number of thioether (sulfide) groups is 1. The van der Waals surface area contributed by atoms with Crippen LogP contribution in [-0.4, -0.2) is 57.8 Å². The lowest BCUT2D eigenvalue weighted by Crippen LogP contribution is -2.47. The highest BCUT2D eigenvalue weighted by Crippen LogP contribution is 2.26. The van der Waals surface area contributed by atoms with Crippen LogP contribution in [0.4, 0.5) is 0 Å². The van der Waals surface area contributed by atoms with Gasteiger partial charge in [0.15, 0.2) is 10.0 Å². The van der Waals surface area contributed by atoms with Gasteiger partial charge in [0.1, 0.15) is 0 Å².